The number of fused-ring (bicyclic) bond motifs is 1. The van der Waals surface area contributed by atoms with E-state index >= 15 is 0 Å². The highest BCUT2D eigenvalue weighted by Crippen LogP contribution is 2.01. The molecule has 0 aromatic carbocycles. The monoisotopic (exact) mass is 162 g/mol. The molecule has 0 bridgehead atoms. The highest BCUT2D eigenvalue weighted by atomic mass is 15.2. The molecule has 1 N–H and O–H groups in total. The fourth-order valence-corrected chi connectivity index (χ4v) is 1.15. The Hall–Kier alpha value is -1.42. The SMILES string of the molecule is CNCc1cn2ncccc2n1. The molecule has 0 amide bonds. The van der Waals surface area contributed by atoms with Crippen molar-refractivity contribution >= 4 is 5.65 Å². The van der Waals surface area contributed by atoms with E-state index in [4.69, 9.17) is 0 Å². The summed E-state index contributed by atoms with van der Waals surface area (Å²) in [4.78, 5) is 4.34. The number of nitrogens with zero attached hydrogens (tertiary/aromatic N) is 3. The molecule has 0 radical (unpaired) electrons. The van der Waals surface area contributed by atoms with Crippen LogP contribution < -0.4 is 5.32 Å². The highest BCUT2D eigenvalue weighted by molar-refractivity contribution is 5.37. The maximum atomic E-state index is 4.34. The van der Waals surface area contributed by atoms with Gasteiger partial charge in [0.15, 0.2) is 5.65 Å². The van der Waals surface area contributed by atoms with E-state index in [0.717, 1.165) is 17.9 Å². The van der Waals surface area contributed by atoms with E-state index in [1.165, 1.54) is 0 Å². The third-order valence-corrected chi connectivity index (χ3v) is 1.64. The predicted octanol–water partition coefficient (Wildman–Crippen LogP) is 0.449. The Labute approximate surface area is 70.2 Å². The molecular formula is C8H10N4. The molecule has 0 saturated carbocycles. The van der Waals surface area contributed by atoms with Crippen LogP contribution in [0, 0.1) is 0 Å². The number of aromatic nitrogens is 3. The van der Waals surface area contributed by atoms with Crippen molar-refractivity contribution in [1.82, 2.24) is 19.9 Å². The smallest absolute Gasteiger partial charge is 0.153 e. The summed E-state index contributed by atoms with van der Waals surface area (Å²) in [5.74, 6) is 0. The standard InChI is InChI=1S/C8H10N4/c1-9-5-7-6-12-8(11-7)3-2-4-10-12/h2-4,6,9H,5H2,1H3. The molecule has 0 aliphatic rings. The molecule has 2 heterocycles. The Kier molecular flexibility index (Phi) is 1.75. The number of rotatable bonds is 2. The summed E-state index contributed by atoms with van der Waals surface area (Å²) in [6.45, 7) is 0.781. The number of hydrogen-bond donors (Lipinski definition) is 1. The lowest BCUT2D eigenvalue weighted by molar-refractivity contribution is 0.796. The van der Waals surface area contributed by atoms with Crippen LogP contribution in [-0.2, 0) is 6.54 Å². The van der Waals surface area contributed by atoms with Crippen molar-refractivity contribution in [2.75, 3.05) is 7.05 Å². The van der Waals surface area contributed by atoms with Gasteiger partial charge < -0.3 is 5.32 Å². The number of imidazole rings is 1. The zero-order chi connectivity index (χ0) is 8.39. The molecule has 2 rings (SSSR count). The van der Waals surface area contributed by atoms with E-state index in [-0.39, 0.29) is 0 Å². The molecule has 0 fully saturated rings. The van der Waals surface area contributed by atoms with Gasteiger partial charge >= 0.3 is 0 Å². The van der Waals surface area contributed by atoms with Gasteiger partial charge in [-0.1, -0.05) is 0 Å². The van der Waals surface area contributed by atoms with Gasteiger partial charge in [0, 0.05) is 12.7 Å². The van der Waals surface area contributed by atoms with Crippen molar-refractivity contribution < 1.29 is 0 Å². The first-order chi connectivity index (χ1) is 5.90. The van der Waals surface area contributed by atoms with Crippen molar-refractivity contribution in [2.24, 2.45) is 0 Å². The van der Waals surface area contributed by atoms with Crippen LogP contribution in [0.25, 0.3) is 5.65 Å². The third kappa shape index (κ3) is 1.16. The van der Waals surface area contributed by atoms with Gasteiger partial charge in [-0.25, -0.2) is 9.50 Å². The van der Waals surface area contributed by atoms with Gasteiger partial charge in [-0.05, 0) is 19.2 Å². The lowest BCUT2D eigenvalue weighted by Crippen LogP contribution is -2.04. The highest BCUT2D eigenvalue weighted by Gasteiger charge is 1.98. The number of hydrogen-bond acceptors (Lipinski definition) is 3. The topological polar surface area (TPSA) is 42.2 Å². The van der Waals surface area contributed by atoms with Crippen molar-refractivity contribution in [2.45, 2.75) is 6.54 Å². The van der Waals surface area contributed by atoms with Crippen LogP contribution in [0.2, 0.25) is 0 Å². The van der Waals surface area contributed by atoms with Gasteiger partial charge in [-0.3, -0.25) is 0 Å². The van der Waals surface area contributed by atoms with Crippen LogP contribution in [0.1, 0.15) is 5.69 Å². The molecule has 0 saturated heterocycles. The van der Waals surface area contributed by atoms with Crippen LogP contribution in [-0.4, -0.2) is 21.6 Å². The first kappa shape index (κ1) is 7.24. The minimum absolute atomic E-state index is 0.781. The molecule has 0 aliphatic carbocycles. The average Bonchev–Trinajstić information content (AvgIpc) is 2.47. The molecule has 0 atom stereocenters. The Balaban J connectivity index is 2.47. The fraction of sp³-hybridized carbons (Fsp3) is 0.250. The van der Waals surface area contributed by atoms with Crippen LogP contribution in [0.3, 0.4) is 0 Å². The normalized spacial score (nSPS) is 10.8. The first-order valence-electron chi connectivity index (χ1n) is 3.84. The molecule has 0 spiro atoms. The minimum Gasteiger partial charge on any atom is -0.314 e. The average molecular weight is 162 g/mol. The Morgan fingerprint density at radius 2 is 2.50 bits per heavy atom. The van der Waals surface area contributed by atoms with Gasteiger partial charge in [0.2, 0.25) is 0 Å². The molecular weight excluding hydrogens is 152 g/mol. The number of nitrogens with one attached hydrogen (secondary N) is 1. The Morgan fingerprint density at radius 1 is 1.58 bits per heavy atom. The summed E-state index contributed by atoms with van der Waals surface area (Å²) < 4.78 is 1.77. The lowest BCUT2D eigenvalue weighted by Gasteiger charge is -1.88. The predicted molar refractivity (Wildman–Crippen MR) is 45.8 cm³/mol. The van der Waals surface area contributed by atoms with Gasteiger partial charge in [-0.2, -0.15) is 5.10 Å². The summed E-state index contributed by atoms with van der Waals surface area (Å²) in [6.07, 6.45) is 3.67. The summed E-state index contributed by atoms with van der Waals surface area (Å²) in [5.41, 5.74) is 1.90. The van der Waals surface area contributed by atoms with E-state index in [9.17, 15) is 0 Å². The molecule has 62 valence electrons. The molecule has 12 heavy (non-hydrogen) atoms. The van der Waals surface area contributed by atoms with E-state index < -0.39 is 0 Å². The van der Waals surface area contributed by atoms with Gasteiger partial charge in [-0.15, -0.1) is 0 Å². The molecule has 2 aromatic rings. The molecule has 0 aliphatic heterocycles. The van der Waals surface area contributed by atoms with E-state index in [2.05, 4.69) is 15.4 Å². The summed E-state index contributed by atoms with van der Waals surface area (Å²) in [5, 5.41) is 7.15. The maximum Gasteiger partial charge on any atom is 0.153 e. The quantitative estimate of drug-likeness (QED) is 0.697. The van der Waals surface area contributed by atoms with Gasteiger partial charge in [0.25, 0.3) is 0 Å². The van der Waals surface area contributed by atoms with Crippen LogP contribution in [0.4, 0.5) is 0 Å². The van der Waals surface area contributed by atoms with Gasteiger partial charge in [0.1, 0.15) is 0 Å². The molecule has 2 aromatic heterocycles. The van der Waals surface area contributed by atoms with Crippen molar-refractivity contribution in [3.05, 3.63) is 30.2 Å². The zero-order valence-electron chi connectivity index (χ0n) is 6.86. The van der Waals surface area contributed by atoms with E-state index in [1.807, 2.05) is 25.4 Å². The summed E-state index contributed by atoms with van der Waals surface area (Å²) in [6, 6.07) is 3.82. The van der Waals surface area contributed by atoms with Crippen molar-refractivity contribution in [3.8, 4) is 0 Å². The molecule has 0 unspecified atom stereocenters. The van der Waals surface area contributed by atoms with Crippen molar-refractivity contribution in [1.29, 1.82) is 0 Å². The summed E-state index contributed by atoms with van der Waals surface area (Å²) >= 11 is 0. The van der Waals surface area contributed by atoms with E-state index in [1.54, 1.807) is 10.7 Å². The Morgan fingerprint density at radius 3 is 3.25 bits per heavy atom. The second-order valence-corrected chi connectivity index (χ2v) is 2.59. The second-order valence-electron chi connectivity index (χ2n) is 2.59. The zero-order valence-corrected chi connectivity index (χ0v) is 6.86. The second kappa shape index (κ2) is 2.91. The van der Waals surface area contributed by atoms with E-state index in [0.29, 0.717) is 0 Å². The van der Waals surface area contributed by atoms with Gasteiger partial charge in [0.05, 0.1) is 11.9 Å². The maximum absolute atomic E-state index is 4.34. The van der Waals surface area contributed by atoms with Crippen LogP contribution in [0.15, 0.2) is 24.5 Å². The molecule has 4 heteroatoms. The first-order valence-corrected chi connectivity index (χ1v) is 3.84. The summed E-state index contributed by atoms with van der Waals surface area (Å²) in [7, 11) is 1.90. The third-order valence-electron chi connectivity index (χ3n) is 1.64. The van der Waals surface area contributed by atoms with Crippen LogP contribution in [0.5, 0.6) is 0 Å². The lowest BCUT2D eigenvalue weighted by atomic mass is 10.5. The van der Waals surface area contributed by atoms with Crippen molar-refractivity contribution in [3.63, 3.8) is 0 Å². The largest absolute Gasteiger partial charge is 0.314 e. The Bertz CT molecular complexity index is 346. The molecule has 4 nitrogen and oxygen atoms in total. The van der Waals surface area contributed by atoms with Crippen LogP contribution >= 0.6 is 0 Å². The fourth-order valence-electron chi connectivity index (χ4n) is 1.15. The minimum atomic E-state index is 0.781.